The highest BCUT2D eigenvalue weighted by Crippen LogP contribution is 2.35. The molecule has 3 nitrogen and oxygen atoms in total. The van der Waals surface area contributed by atoms with Gasteiger partial charge in [-0.2, -0.15) is 0 Å². The molecule has 172 valence electrons. The lowest BCUT2D eigenvalue weighted by atomic mass is 9.95. The fourth-order valence-electron chi connectivity index (χ4n) is 4.52. The zero-order valence-corrected chi connectivity index (χ0v) is 21.3. The average molecular weight is 528 g/mol. The van der Waals surface area contributed by atoms with Gasteiger partial charge in [-0.25, -0.2) is 15.0 Å². The van der Waals surface area contributed by atoms with Gasteiger partial charge in [0.25, 0.3) is 0 Å². The molecule has 0 bridgehead atoms. The van der Waals surface area contributed by atoms with Crippen LogP contribution in [-0.2, 0) is 0 Å². The van der Waals surface area contributed by atoms with E-state index in [4.69, 9.17) is 15.0 Å². The maximum absolute atomic E-state index is 4.92. The van der Waals surface area contributed by atoms with Crippen molar-refractivity contribution in [1.82, 2.24) is 15.0 Å². The van der Waals surface area contributed by atoms with Crippen molar-refractivity contribution < 1.29 is 0 Å². The van der Waals surface area contributed by atoms with Crippen LogP contribution in [0.1, 0.15) is 5.56 Å². The summed E-state index contributed by atoms with van der Waals surface area (Å²) in [6.07, 6.45) is 0. The van der Waals surface area contributed by atoms with Gasteiger partial charge in [-0.3, -0.25) is 0 Å². The molecule has 0 amide bonds. The van der Waals surface area contributed by atoms with E-state index in [-0.39, 0.29) is 0 Å². The van der Waals surface area contributed by atoms with Crippen molar-refractivity contribution in [2.75, 3.05) is 0 Å². The quantitative estimate of drug-likeness (QED) is 0.230. The molecule has 0 N–H and O–H groups in total. The number of hydrogen-bond donors (Lipinski definition) is 0. The Bertz CT molecular complexity index is 1640. The van der Waals surface area contributed by atoms with E-state index in [1.807, 2.05) is 60.7 Å². The summed E-state index contributed by atoms with van der Waals surface area (Å²) in [6.45, 7) is 2.12. The van der Waals surface area contributed by atoms with E-state index in [0.717, 1.165) is 32.3 Å². The third-order valence-electron chi connectivity index (χ3n) is 6.17. The fourth-order valence-corrected chi connectivity index (χ4v) is 4.99. The molecule has 6 aromatic rings. The summed E-state index contributed by atoms with van der Waals surface area (Å²) in [4.78, 5) is 14.7. The topological polar surface area (TPSA) is 38.7 Å². The molecule has 0 aliphatic carbocycles. The predicted molar refractivity (Wildman–Crippen MR) is 152 cm³/mol. The molecule has 0 spiro atoms. The van der Waals surface area contributed by atoms with Gasteiger partial charge in [-0.05, 0) is 58.7 Å². The van der Waals surface area contributed by atoms with E-state index >= 15 is 0 Å². The Morgan fingerprint density at radius 2 is 1.03 bits per heavy atom. The van der Waals surface area contributed by atoms with Gasteiger partial charge >= 0.3 is 0 Å². The lowest BCUT2D eigenvalue weighted by Crippen LogP contribution is -2.00. The molecule has 0 radical (unpaired) electrons. The molecule has 0 saturated heterocycles. The number of benzene rings is 5. The second kappa shape index (κ2) is 9.48. The molecule has 36 heavy (non-hydrogen) atoms. The van der Waals surface area contributed by atoms with Crippen LogP contribution >= 0.6 is 15.9 Å². The molecule has 0 saturated carbocycles. The Hall–Kier alpha value is -4.15. The predicted octanol–water partition coefficient (Wildman–Crippen LogP) is 8.76. The van der Waals surface area contributed by atoms with Crippen molar-refractivity contribution >= 4 is 26.7 Å². The van der Waals surface area contributed by atoms with Gasteiger partial charge in [0, 0.05) is 21.2 Å². The van der Waals surface area contributed by atoms with Gasteiger partial charge in [0.1, 0.15) is 0 Å². The van der Waals surface area contributed by atoms with Crippen molar-refractivity contribution in [2.24, 2.45) is 0 Å². The largest absolute Gasteiger partial charge is 0.208 e. The molecule has 1 aromatic heterocycles. The maximum atomic E-state index is 4.92. The first kappa shape index (κ1) is 22.3. The maximum Gasteiger partial charge on any atom is 0.164 e. The van der Waals surface area contributed by atoms with E-state index < -0.39 is 0 Å². The number of halogens is 1. The van der Waals surface area contributed by atoms with E-state index in [1.54, 1.807) is 0 Å². The number of hydrogen-bond acceptors (Lipinski definition) is 3. The highest BCUT2D eigenvalue weighted by atomic mass is 79.9. The highest BCUT2D eigenvalue weighted by Gasteiger charge is 2.14. The minimum atomic E-state index is 0.659. The van der Waals surface area contributed by atoms with Gasteiger partial charge in [-0.15, -0.1) is 0 Å². The summed E-state index contributed by atoms with van der Waals surface area (Å²) >= 11 is 3.70. The van der Waals surface area contributed by atoms with Crippen LogP contribution in [0, 0.1) is 6.92 Å². The van der Waals surface area contributed by atoms with Crippen LogP contribution in [0.3, 0.4) is 0 Å². The van der Waals surface area contributed by atoms with E-state index in [2.05, 4.69) is 77.5 Å². The van der Waals surface area contributed by atoms with Crippen LogP contribution in [0.25, 0.3) is 56.1 Å². The van der Waals surface area contributed by atoms with E-state index in [1.165, 1.54) is 16.3 Å². The smallest absolute Gasteiger partial charge is 0.164 e. The second-order valence-corrected chi connectivity index (χ2v) is 9.72. The summed E-state index contributed by atoms with van der Waals surface area (Å²) in [5.41, 5.74) is 6.34. The first-order valence-corrected chi connectivity index (χ1v) is 12.6. The first-order valence-electron chi connectivity index (χ1n) is 11.8. The van der Waals surface area contributed by atoms with Crippen LogP contribution in [0.5, 0.6) is 0 Å². The van der Waals surface area contributed by atoms with Gasteiger partial charge in [-0.1, -0.05) is 107 Å². The monoisotopic (exact) mass is 527 g/mol. The zero-order chi connectivity index (χ0) is 24.5. The first-order chi connectivity index (χ1) is 17.6. The SMILES string of the molecule is Cc1cc(-c2nc(-c3ccccc3)nc(-c3ccccc3)n2)cc(-c2cc(Br)cc3ccccc23)c1. The van der Waals surface area contributed by atoms with Gasteiger partial charge < -0.3 is 0 Å². The molecular formula is C32H22BrN3. The minimum Gasteiger partial charge on any atom is -0.208 e. The third kappa shape index (κ3) is 4.43. The zero-order valence-electron chi connectivity index (χ0n) is 19.7. The Labute approximate surface area is 218 Å². The van der Waals surface area contributed by atoms with E-state index in [9.17, 15) is 0 Å². The van der Waals surface area contributed by atoms with Crippen molar-refractivity contribution in [3.63, 3.8) is 0 Å². The molecule has 5 aromatic carbocycles. The molecule has 1 heterocycles. The summed E-state index contributed by atoms with van der Waals surface area (Å²) in [5, 5.41) is 2.41. The summed E-state index contributed by atoms with van der Waals surface area (Å²) in [6, 6.07) is 39.5. The van der Waals surface area contributed by atoms with Gasteiger partial charge in [0.15, 0.2) is 17.5 Å². The Kier molecular flexibility index (Phi) is 5.88. The van der Waals surface area contributed by atoms with Crippen LogP contribution in [0.15, 0.2) is 120 Å². The Morgan fingerprint density at radius 3 is 1.67 bits per heavy atom. The van der Waals surface area contributed by atoms with Crippen molar-refractivity contribution in [3.05, 3.63) is 125 Å². The van der Waals surface area contributed by atoms with Crippen LogP contribution in [0.4, 0.5) is 0 Å². The summed E-state index contributed by atoms with van der Waals surface area (Å²) in [7, 11) is 0. The average Bonchev–Trinajstić information content (AvgIpc) is 2.93. The fraction of sp³-hybridized carbons (Fsp3) is 0.0312. The Balaban J connectivity index is 1.56. The number of rotatable bonds is 4. The van der Waals surface area contributed by atoms with E-state index in [0.29, 0.717) is 17.5 Å². The van der Waals surface area contributed by atoms with Crippen molar-refractivity contribution in [1.29, 1.82) is 0 Å². The lowest BCUT2D eigenvalue weighted by molar-refractivity contribution is 1.07. The lowest BCUT2D eigenvalue weighted by Gasteiger charge is -2.12. The standard InChI is InChI=1S/C32H22BrN3/c1-21-16-25(29-20-27(33)19-24-14-8-9-15-28(24)29)18-26(17-21)32-35-30(22-10-4-2-5-11-22)34-31(36-32)23-12-6-3-7-13-23/h2-20H,1H3. The number of aryl methyl sites for hydroxylation is 1. The number of fused-ring (bicyclic) bond motifs is 1. The molecule has 0 atom stereocenters. The van der Waals surface area contributed by atoms with Crippen LogP contribution in [0.2, 0.25) is 0 Å². The highest BCUT2D eigenvalue weighted by molar-refractivity contribution is 9.10. The molecule has 6 rings (SSSR count). The molecule has 0 aliphatic heterocycles. The minimum absolute atomic E-state index is 0.659. The molecule has 0 fully saturated rings. The molecule has 0 unspecified atom stereocenters. The van der Waals surface area contributed by atoms with Gasteiger partial charge in [0.05, 0.1) is 0 Å². The molecular weight excluding hydrogens is 506 g/mol. The number of nitrogens with zero attached hydrogens (tertiary/aromatic N) is 3. The van der Waals surface area contributed by atoms with Gasteiger partial charge in [0.2, 0.25) is 0 Å². The van der Waals surface area contributed by atoms with Crippen molar-refractivity contribution in [3.8, 4) is 45.3 Å². The summed E-state index contributed by atoms with van der Waals surface area (Å²) < 4.78 is 1.05. The molecule has 0 aliphatic rings. The molecule has 4 heteroatoms. The third-order valence-corrected chi connectivity index (χ3v) is 6.63. The van der Waals surface area contributed by atoms with Crippen LogP contribution < -0.4 is 0 Å². The normalized spacial score (nSPS) is 11.1. The summed E-state index contributed by atoms with van der Waals surface area (Å²) in [5.74, 6) is 1.98. The number of aromatic nitrogens is 3. The second-order valence-electron chi connectivity index (χ2n) is 8.80. The van der Waals surface area contributed by atoms with Crippen LogP contribution in [-0.4, -0.2) is 15.0 Å². The Morgan fingerprint density at radius 1 is 0.500 bits per heavy atom. The van der Waals surface area contributed by atoms with Crippen molar-refractivity contribution in [2.45, 2.75) is 6.92 Å².